The molecule has 1 fully saturated rings. The highest BCUT2D eigenvalue weighted by Crippen LogP contribution is 2.32. The molecule has 22 heavy (non-hydrogen) atoms. The van der Waals surface area contributed by atoms with Gasteiger partial charge in [-0.1, -0.05) is 12.1 Å². The van der Waals surface area contributed by atoms with Gasteiger partial charge in [-0.05, 0) is 46.3 Å². The molecule has 0 bridgehead atoms. The van der Waals surface area contributed by atoms with Crippen LogP contribution in [0.5, 0.6) is 5.75 Å². The van der Waals surface area contributed by atoms with Gasteiger partial charge < -0.3 is 15.0 Å². The van der Waals surface area contributed by atoms with Crippen LogP contribution in [-0.4, -0.2) is 37.6 Å². The van der Waals surface area contributed by atoms with Crippen LogP contribution < -0.4 is 10.1 Å². The van der Waals surface area contributed by atoms with Crippen molar-refractivity contribution in [2.75, 3.05) is 20.7 Å². The molecule has 1 aromatic carbocycles. The molecule has 0 saturated carbocycles. The fraction of sp³-hybridized carbons (Fsp3) is 0.588. The topological polar surface area (TPSA) is 41.6 Å². The number of likely N-dealkylation sites (tertiary alicyclic amines) is 1. The number of nitrogens with one attached hydrogen (secondary N) is 1. The van der Waals surface area contributed by atoms with Crippen molar-refractivity contribution in [1.29, 1.82) is 0 Å². The van der Waals surface area contributed by atoms with E-state index in [2.05, 4.69) is 10.2 Å². The van der Waals surface area contributed by atoms with E-state index in [-0.39, 0.29) is 11.7 Å². The molecule has 1 heterocycles. The molecule has 0 spiro atoms. The molecule has 122 valence electrons. The number of para-hydroxylation sites is 1. The summed E-state index contributed by atoms with van der Waals surface area (Å²) in [6.07, 6.45) is 2.65. The molecule has 0 aromatic heterocycles. The van der Waals surface area contributed by atoms with Gasteiger partial charge in [0.05, 0.1) is 12.6 Å². The Kier molecular flexibility index (Phi) is 5.06. The van der Waals surface area contributed by atoms with Gasteiger partial charge in [-0.2, -0.15) is 0 Å². The van der Waals surface area contributed by atoms with E-state index >= 15 is 0 Å². The Morgan fingerprint density at radius 1 is 1.50 bits per heavy atom. The maximum absolute atomic E-state index is 13.9. The van der Waals surface area contributed by atoms with E-state index in [4.69, 9.17) is 4.74 Å². The number of hydrogen-bond acceptors (Lipinski definition) is 3. The van der Waals surface area contributed by atoms with Crippen molar-refractivity contribution in [3.8, 4) is 5.75 Å². The Morgan fingerprint density at radius 2 is 2.23 bits per heavy atom. The first-order chi connectivity index (χ1) is 10.3. The molecule has 1 aliphatic heterocycles. The SMILES string of the molecule is COc1c(F)cccc1C(C)(C)NC(=O)CC1CCCN1C. The zero-order valence-electron chi connectivity index (χ0n) is 13.8. The van der Waals surface area contributed by atoms with Crippen molar-refractivity contribution in [2.45, 2.75) is 44.7 Å². The third-order valence-electron chi connectivity index (χ3n) is 4.39. The number of carbonyl (C=O) groups is 1. The minimum Gasteiger partial charge on any atom is -0.493 e. The fourth-order valence-electron chi connectivity index (χ4n) is 3.13. The highest BCUT2D eigenvalue weighted by Gasteiger charge is 2.30. The summed E-state index contributed by atoms with van der Waals surface area (Å²) in [6.45, 7) is 4.76. The summed E-state index contributed by atoms with van der Waals surface area (Å²) in [4.78, 5) is 14.6. The highest BCUT2D eigenvalue weighted by atomic mass is 19.1. The van der Waals surface area contributed by atoms with E-state index in [0.717, 1.165) is 19.4 Å². The summed E-state index contributed by atoms with van der Waals surface area (Å²) in [5.41, 5.74) is -0.0510. The summed E-state index contributed by atoms with van der Waals surface area (Å²) in [5, 5.41) is 3.01. The fourth-order valence-corrected chi connectivity index (χ4v) is 3.13. The number of carbonyl (C=O) groups excluding carboxylic acids is 1. The predicted molar refractivity (Wildman–Crippen MR) is 84.4 cm³/mol. The lowest BCUT2D eigenvalue weighted by Crippen LogP contribution is -2.43. The molecule has 2 rings (SSSR count). The average molecular weight is 308 g/mol. The van der Waals surface area contributed by atoms with Gasteiger partial charge in [0.15, 0.2) is 11.6 Å². The Morgan fingerprint density at radius 3 is 2.82 bits per heavy atom. The molecule has 1 aliphatic rings. The summed E-state index contributed by atoms with van der Waals surface area (Å²) in [5.74, 6) is -0.251. The van der Waals surface area contributed by atoms with Gasteiger partial charge in [-0.25, -0.2) is 4.39 Å². The third-order valence-corrected chi connectivity index (χ3v) is 4.39. The molecule has 1 amide bonds. The molecule has 1 N–H and O–H groups in total. The third kappa shape index (κ3) is 3.58. The van der Waals surface area contributed by atoms with Crippen LogP contribution in [0.25, 0.3) is 0 Å². The van der Waals surface area contributed by atoms with Crippen molar-refractivity contribution in [1.82, 2.24) is 10.2 Å². The average Bonchev–Trinajstić information content (AvgIpc) is 2.83. The molecule has 1 saturated heterocycles. The zero-order chi connectivity index (χ0) is 16.3. The monoisotopic (exact) mass is 308 g/mol. The van der Waals surface area contributed by atoms with Gasteiger partial charge in [0.1, 0.15) is 0 Å². The molecule has 4 nitrogen and oxygen atoms in total. The number of hydrogen-bond donors (Lipinski definition) is 1. The smallest absolute Gasteiger partial charge is 0.222 e. The summed E-state index contributed by atoms with van der Waals surface area (Å²) in [7, 11) is 3.49. The van der Waals surface area contributed by atoms with E-state index in [9.17, 15) is 9.18 Å². The van der Waals surface area contributed by atoms with E-state index < -0.39 is 11.4 Å². The van der Waals surface area contributed by atoms with Crippen molar-refractivity contribution in [2.24, 2.45) is 0 Å². The number of halogens is 1. The largest absolute Gasteiger partial charge is 0.493 e. The highest BCUT2D eigenvalue weighted by molar-refractivity contribution is 5.77. The van der Waals surface area contributed by atoms with Crippen LogP contribution >= 0.6 is 0 Å². The normalized spacial score (nSPS) is 19.2. The van der Waals surface area contributed by atoms with E-state index in [1.54, 1.807) is 12.1 Å². The maximum atomic E-state index is 13.9. The first kappa shape index (κ1) is 16.7. The molecule has 1 unspecified atom stereocenters. The quantitative estimate of drug-likeness (QED) is 0.909. The van der Waals surface area contributed by atoms with E-state index in [1.165, 1.54) is 13.2 Å². The summed E-state index contributed by atoms with van der Waals surface area (Å²) in [6, 6.07) is 5.06. The van der Waals surface area contributed by atoms with Crippen LogP contribution in [0.3, 0.4) is 0 Å². The zero-order valence-corrected chi connectivity index (χ0v) is 13.8. The second-order valence-corrected chi connectivity index (χ2v) is 6.47. The van der Waals surface area contributed by atoms with Gasteiger partial charge in [-0.15, -0.1) is 0 Å². The van der Waals surface area contributed by atoms with E-state index in [1.807, 2.05) is 20.9 Å². The van der Waals surface area contributed by atoms with Crippen molar-refractivity contribution in [3.05, 3.63) is 29.6 Å². The second-order valence-electron chi connectivity index (χ2n) is 6.47. The van der Waals surface area contributed by atoms with E-state index in [0.29, 0.717) is 18.0 Å². The Labute approximate surface area is 131 Å². The second kappa shape index (κ2) is 6.65. The summed E-state index contributed by atoms with van der Waals surface area (Å²) < 4.78 is 19.0. The minimum absolute atomic E-state index is 0.0185. The standard InChI is InChI=1S/C17H25FN2O2/c1-17(2,13-8-5-9-14(18)16(13)22-4)19-15(21)11-12-7-6-10-20(12)3/h5,8-9,12H,6-7,10-11H2,1-4H3,(H,19,21). The van der Waals surface area contributed by atoms with Crippen LogP contribution in [-0.2, 0) is 10.3 Å². The van der Waals surface area contributed by atoms with Gasteiger partial charge in [0, 0.05) is 18.0 Å². The first-order valence-electron chi connectivity index (χ1n) is 7.69. The number of benzene rings is 1. The van der Waals surface area contributed by atoms with Crippen molar-refractivity contribution < 1.29 is 13.9 Å². The van der Waals surface area contributed by atoms with Crippen LogP contribution in [0, 0.1) is 5.82 Å². The Bertz CT molecular complexity index is 545. The van der Waals surface area contributed by atoms with Gasteiger partial charge >= 0.3 is 0 Å². The van der Waals surface area contributed by atoms with Gasteiger partial charge in [0.2, 0.25) is 5.91 Å². The predicted octanol–water partition coefficient (Wildman–Crippen LogP) is 2.67. The minimum atomic E-state index is -0.693. The Balaban J connectivity index is 2.10. The lowest BCUT2D eigenvalue weighted by molar-refractivity contribution is -0.123. The lowest BCUT2D eigenvalue weighted by Gasteiger charge is -2.30. The maximum Gasteiger partial charge on any atom is 0.222 e. The van der Waals surface area contributed by atoms with Crippen molar-refractivity contribution in [3.63, 3.8) is 0 Å². The Hall–Kier alpha value is -1.62. The van der Waals surface area contributed by atoms with Crippen LogP contribution in [0.4, 0.5) is 4.39 Å². The van der Waals surface area contributed by atoms with Crippen molar-refractivity contribution >= 4 is 5.91 Å². The molecule has 1 atom stereocenters. The first-order valence-corrected chi connectivity index (χ1v) is 7.69. The molecular formula is C17H25FN2O2. The molecular weight excluding hydrogens is 283 g/mol. The van der Waals surface area contributed by atoms with Crippen LogP contribution in [0.15, 0.2) is 18.2 Å². The number of amides is 1. The molecule has 0 radical (unpaired) electrons. The number of rotatable bonds is 5. The number of nitrogens with zero attached hydrogens (tertiary/aromatic N) is 1. The van der Waals surface area contributed by atoms with Gasteiger partial charge in [0.25, 0.3) is 0 Å². The van der Waals surface area contributed by atoms with Gasteiger partial charge in [-0.3, -0.25) is 4.79 Å². The summed E-state index contributed by atoms with van der Waals surface area (Å²) >= 11 is 0. The molecule has 1 aromatic rings. The van der Waals surface area contributed by atoms with Crippen LogP contribution in [0.1, 0.15) is 38.7 Å². The lowest BCUT2D eigenvalue weighted by atomic mass is 9.92. The molecule has 0 aliphatic carbocycles. The number of ether oxygens (including phenoxy) is 1. The number of methoxy groups -OCH3 is 1. The van der Waals surface area contributed by atoms with Crippen LogP contribution in [0.2, 0.25) is 0 Å². The molecule has 5 heteroatoms.